The summed E-state index contributed by atoms with van der Waals surface area (Å²) in [6, 6.07) is 102. The van der Waals surface area contributed by atoms with Crippen LogP contribution in [0.15, 0.2) is 320 Å². The SMILES string of the molecule is Cc1cc(-c2ccccc2C)[n+](C)cc1-c1ccccc1.Cc1ccc2c(oc3ccccc32)c1-c1cccc[n+]1C.Cc1ccccc1-c1cc(-c2ccccc2)cc[n+]1C.Cc1ccccc1-c1ccc(-c2ccccc2)c[n+]1C.Cc1ccccc1-c1cccc(C)[n+]1C. The first-order valence-electron chi connectivity index (χ1n) is 33.3. The number of hydrogen-bond acceptors (Lipinski definition) is 1. The molecule has 6 heterocycles. The summed E-state index contributed by atoms with van der Waals surface area (Å²) in [6.07, 6.45) is 8.61. The van der Waals surface area contributed by atoms with Crippen molar-refractivity contribution in [3.63, 3.8) is 0 Å². The maximum absolute atomic E-state index is 6.16. The zero-order valence-electron chi connectivity index (χ0n) is 58.2. The number of para-hydroxylation sites is 1. The van der Waals surface area contributed by atoms with Gasteiger partial charge in [0.25, 0.3) is 0 Å². The third-order valence-electron chi connectivity index (χ3n) is 18.3. The van der Waals surface area contributed by atoms with E-state index in [9.17, 15) is 0 Å². The van der Waals surface area contributed by atoms with E-state index in [4.69, 9.17) is 4.42 Å². The van der Waals surface area contributed by atoms with Crippen molar-refractivity contribution in [3.8, 4) is 89.7 Å². The quantitative estimate of drug-likeness (QED) is 0.140. The summed E-state index contributed by atoms with van der Waals surface area (Å²) in [4.78, 5) is 0. The number of benzene rings is 9. The number of aryl methyl sites for hydroxylation is 11. The number of rotatable bonds is 8. The molecular weight excluding hydrogens is 1180 g/mol. The normalized spacial score (nSPS) is 10.7. The van der Waals surface area contributed by atoms with E-state index in [1.807, 2.05) is 24.3 Å². The van der Waals surface area contributed by atoms with Crippen LogP contribution >= 0.6 is 0 Å². The molecule has 9 aromatic carbocycles. The van der Waals surface area contributed by atoms with Crippen molar-refractivity contribution in [1.29, 1.82) is 0 Å². The van der Waals surface area contributed by atoms with Crippen molar-refractivity contribution in [3.05, 3.63) is 355 Å². The Bertz CT molecular complexity index is 5190. The van der Waals surface area contributed by atoms with Crippen molar-refractivity contribution < 1.29 is 27.3 Å². The molecule has 0 saturated heterocycles. The lowest BCUT2D eigenvalue weighted by atomic mass is 9.98. The number of aromatic nitrogens is 5. The Hall–Kier alpha value is -11.5. The molecule has 0 aliphatic carbocycles. The highest BCUT2D eigenvalue weighted by molar-refractivity contribution is 6.09. The standard InChI is InChI=1S/C20H20N.C19H16NO.2C19H18N.C14H16N/c1-15-9-7-8-12-18(15)20-13-16(2)19(14-21(20)3)17-10-5-4-6-11-17;1-13-10-11-15-14-7-3-4-9-17(14)21-19(15)18(13)16-8-5-6-12-20(16)2;1-15-8-6-7-11-18(15)19-14-17(12-13-20(19)2)16-9-4-3-5-10-16;1-15-8-6-7-11-18(15)19-13-12-17(14-20(19)2)16-9-4-3-5-10-16;1-11-7-4-5-9-13(11)14-10-6-8-12(2)15(14)3/h4-14H,1-3H3;3-12H,1-2H3;2*3-14H,1-2H3;4-10H,1-3H3/q5*+1. The van der Waals surface area contributed by atoms with Crippen LogP contribution in [-0.4, -0.2) is 0 Å². The summed E-state index contributed by atoms with van der Waals surface area (Å²) < 4.78 is 17.1. The molecule has 97 heavy (non-hydrogen) atoms. The molecule has 0 spiro atoms. The zero-order valence-corrected chi connectivity index (χ0v) is 58.2. The minimum absolute atomic E-state index is 0.943. The van der Waals surface area contributed by atoms with Crippen LogP contribution in [0.5, 0.6) is 0 Å². The Labute approximate surface area is 574 Å². The van der Waals surface area contributed by atoms with Gasteiger partial charge in [0.05, 0.1) is 5.56 Å². The molecule has 0 radical (unpaired) electrons. The molecule has 15 aromatic rings. The Morgan fingerprint density at radius 1 is 0.247 bits per heavy atom. The molecule has 6 heteroatoms. The van der Waals surface area contributed by atoms with Crippen molar-refractivity contribution in [2.45, 2.75) is 48.5 Å². The van der Waals surface area contributed by atoms with E-state index in [0.29, 0.717) is 0 Å². The average Bonchev–Trinajstić information content (AvgIpc) is 1.66. The summed E-state index contributed by atoms with van der Waals surface area (Å²) >= 11 is 0. The van der Waals surface area contributed by atoms with Gasteiger partial charge in [-0.3, -0.25) is 0 Å². The number of hydrogen-bond donors (Lipinski definition) is 0. The van der Waals surface area contributed by atoms with E-state index in [1.54, 1.807) is 0 Å². The zero-order chi connectivity index (χ0) is 68.0. The predicted molar refractivity (Wildman–Crippen MR) is 402 cm³/mol. The molecular formula is C91H88N5O+5. The van der Waals surface area contributed by atoms with E-state index < -0.39 is 0 Å². The van der Waals surface area contributed by atoms with Gasteiger partial charge in [-0.2, -0.15) is 4.57 Å². The van der Waals surface area contributed by atoms with Gasteiger partial charge in [0.2, 0.25) is 28.5 Å². The fraction of sp³-hybridized carbons (Fsp3) is 0.132. The van der Waals surface area contributed by atoms with Crippen molar-refractivity contribution in [2.24, 2.45) is 35.2 Å². The Morgan fingerprint density at radius 3 is 1.28 bits per heavy atom. The summed E-state index contributed by atoms with van der Waals surface area (Å²) in [6.45, 7) is 15.1. The highest BCUT2D eigenvalue weighted by Gasteiger charge is 2.22. The minimum atomic E-state index is 0.943. The fourth-order valence-electron chi connectivity index (χ4n) is 12.7. The summed E-state index contributed by atoms with van der Waals surface area (Å²) in [7, 11) is 10.5. The van der Waals surface area contributed by atoms with Crippen LogP contribution in [0, 0.1) is 48.5 Å². The first kappa shape index (κ1) is 67.0. The average molecular weight is 1270 g/mol. The highest BCUT2D eigenvalue weighted by Crippen LogP contribution is 2.37. The molecule has 0 bridgehead atoms. The van der Waals surface area contributed by atoms with Crippen LogP contribution in [0.2, 0.25) is 0 Å². The van der Waals surface area contributed by atoms with Crippen LogP contribution < -0.4 is 22.8 Å². The van der Waals surface area contributed by atoms with Crippen LogP contribution in [0.3, 0.4) is 0 Å². The second-order valence-corrected chi connectivity index (χ2v) is 25.1. The fourth-order valence-corrected chi connectivity index (χ4v) is 12.7. The van der Waals surface area contributed by atoms with Gasteiger partial charge >= 0.3 is 0 Å². The molecule has 0 fully saturated rings. The molecule has 0 N–H and O–H groups in total. The lowest BCUT2D eigenvalue weighted by Crippen LogP contribution is -2.34. The maximum Gasteiger partial charge on any atom is 0.216 e. The summed E-state index contributed by atoms with van der Waals surface area (Å²) in [5, 5.41) is 2.35. The van der Waals surface area contributed by atoms with Crippen LogP contribution in [0.25, 0.3) is 112 Å². The number of furan rings is 1. The number of pyridine rings is 5. The molecule has 15 rings (SSSR count). The molecule has 0 amide bonds. The molecule has 478 valence electrons. The van der Waals surface area contributed by atoms with Gasteiger partial charge in [-0.1, -0.05) is 194 Å². The molecule has 0 saturated carbocycles. The molecule has 6 nitrogen and oxygen atoms in total. The molecule has 6 aromatic heterocycles. The molecule has 0 aliphatic heterocycles. The van der Waals surface area contributed by atoms with Gasteiger partial charge in [0.1, 0.15) is 46.4 Å². The summed E-state index contributed by atoms with van der Waals surface area (Å²) in [5.74, 6) is 0. The number of nitrogens with zero attached hydrogens (tertiary/aromatic N) is 5. The van der Waals surface area contributed by atoms with Crippen molar-refractivity contribution in [1.82, 2.24) is 0 Å². The predicted octanol–water partition coefficient (Wildman–Crippen LogP) is 19.9. The Kier molecular flexibility index (Phi) is 21.5. The third-order valence-corrected chi connectivity index (χ3v) is 18.3. The van der Waals surface area contributed by atoms with Gasteiger partial charge < -0.3 is 4.42 Å². The highest BCUT2D eigenvalue weighted by atomic mass is 16.3. The minimum Gasteiger partial charge on any atom is -0.455 e. The smallest absolute Gasteiger partial charge is 0.216 e. The lowest BCUT2D eigenvalue weighted by molar-refractivity contribution is -0.666. The van der Waals surface area contributed by atoms with E-state index >= 15 is 0 Å². The first-order valence-corrected chi connectivity index (χ1v) is 33.3. The van der Waals surface area contributed by atoms with Gasteiger partial charge in [-0.15, -0.1) is 0 Å². The first-order chi connectivity index (χ1) is 47.1. The second kappa shape index (κ2) is 31.2. The van der Waals surface area contributed by atoms with E-state index in [2.05, 4.69) is 398 Å². The van der Waals surface area contributed by atoms with Gasteiger partial charge in [0, 0.05) is 99.6 Å². The maximum atomic E-state index is 6.16. The monoisotopic (exact) mass is 1270 g/mol. The third kappa shape index (κ3) is 15.7. The van der Waals surface area contributed by atoms with E-state index in [0.717, 1.165) is 11.2 Å². The summed E-state index contributed by atoms with van der Waals surface area (Å²) in [5.41, 5.74) is 31.0. The number of fused-ring (bicyclic) bond motifs is 3. The van der Waals surface area contributed by atoms with Gasteiger partial charge in [0.15, 0.2) is 30.5 Å². The Balaban J connectivity index is 0.000000123. The lowest BCUT2D eigenvalue weighted by Gasteiger charge is -2.09. The van der Waals surface area contributed by atoms with Crippen molar-refractivity contribution >= 4 is 21.9 Å². The van der Waals surface area contributed by atoms with Crippen LogP contribution in [0.1, 0.15) is 39.1 Å². The molecule has 0 atom stereocenters. The van der Waals surface area contributed by atoms with Crippen LogP contribution in [-0.2, 0) is 35.2 Å². The molecule has 0 unspecified atom stereocenters. The van der Waals surface area contributed by atoms with E-state index in [1.165, 1.54) is 140 Å². The van der Waals surface area contributed by atoms with Gasteiger partial charge in [-0.25, -0.2) is 18.3 Å². The topological polar surface area (TPSA) is 32.5 Å². The second-order valence-electron chi connectivity index (χ2n) is 25.1. The molecule has 0 aliphatic rings. The van der Waals surface area contributed by atoms with E-state index in [-0.39, 0.29) is 0 Å². The van der Waals surface area contributed by atoms with Crippen molar-refractivity contribution in [2.75, 3.05) is 0 Å². The Morgan fingerprint density at radius 2 is 0.711 bits per heavy atom. The van der Waals surface area contributed by atoms with Crippen LogP contribution in [0.4, 0.5) is 0 Å². The largest absolute Gasteiger partial charge is 0.455 e. The van der Waals surface area contributed by atoms with Gasteiger partial charge in [-0.05, 0) is 146 Å².